The van der Waals surface area contributed by atoms with E-state index in [2.05, 4.69) is 25.7 Å². The van der Waals surface area contributed by atoms with Gasteiger partial charge in [0.25, 0.3) is 5.60 Å². The Labute approximate surface area is 126 Å². The molecule has 2 rings (SSSR count). The van der Waals surface area contributed by atoms with Crippen molar-refractivity contribution in [3.63, 3.8) is 0 Å². The van der Waals surface area contributed by atoms with Gasteiger partial charge in [0.1, 0.15) is 0 Å². The van der Waals surface area contributed by atoms with Gasteiger partial charge in [-0.25, -0.2) is 4.79 Å². The van der Waals surface area contributed by atoms with Crippen molar-refractivity contribution < 1.29 is 27.8 Å². The second-order valence-corrected chi connectivity index (χ2v) is 5.24. The average Bonchev–Trinajstić information content (AvgIpc) is 2.79. The van der Waals surface area contributed by atoms with E-state index in [0.29, 0.717) is 9.99 Å². The molecule has 0 radical (unpaired) electrons. The summed E-state index contributed by atoms with van der Waals surface area (Å²) < 4.78 is 44.8. The molecule has 0 bridgehead atoms. The molecule has 114 valence electrons. The van der Waals surface area contributed by atoms with Crippen LogP contribution in [0.5, 0.6) is 0 Å². The van der Waals surface area contributed by atoms with Gasteiger partial charge in [-0.1, -0.05) is 15.9 Å². The fourth-order valence-corrected chi connectivity index (χ4v) is 2.37. The highest BCUT2D eigenvalue weighted by atomic mass is 79.9. The van der Waals surface area contributed by atoms with E-state index >= 15 is 0 Å². The SMILES string of the molecule is CCOC(=O)[C@](O)(c1c[nH]c2ccc(Br)cc12)C(F)(F)F. The molecule has 1 heterocycles. The molecule has 0 fully saturated rings. The number of H-pyrrole nitrogens is 1. The van der Waals surface area contributed by atoms with Gasteiger partial charge in [-0.05, 0) is 25.1 Å². The number of carbonyl (C=O) groups is 1. The Balaban J connectivity index is 2.70. The van der Waals surface area contributed by atoms with Crippen molar-refractivity contribution in [1.29, 1.82) is 0 Å². The summed E-state index contributed by atoms with van der Waals surface area (Å²) in [6.07, 6.45) is -4.25. The van der Waals surface area contributed by atoms with Gasteiger partial charge in [0.05, 0.1) is 6.61 Å². The van der Waals surface area contributed by atoms with Crippen molar-refractivity contribution in [2.24, 2.45) is 0 Å². The number of esters is 1. The highest BCUT2D eigenvalue weighted by Crippen LogP contribution is 2.43. The highest BCUT2D eigenvalue weighted by Gasteiger charge is 2.63. The van der Waals surface area contributed by atoms with Crippen LogP contribution >= 0.6 is 15.9 Å². The Morgan fingerprint density at radius 3 is 2.67 bits per heavy atom. The smallest absolute Gasteiger partial charge is 0.432 e. The molecule has 1 aromatic carbocycles. The highest BCUT2D eigenvalue weighted by molar-refractivity contribution is 9.10. The molecule has 8 heteroatoms. The number of ether oxygens (including phenoxy) is 1. The zero-order chi connectivity index (χ0) is 15.8. The van der Waals surface area contributed by atoms with E-state index < -0.39 is 23.3 Å². The van der Waals surface area contributed by atoms with Crippen LogP contribution in [0.4, 0.5) is 13.2 Å². The molecular weight excluding hydrogens is 355 g/mol. The predicted molar refractivity (Wildman–Crippen MR) is 72.6 cm³/mol. The summed E-state index contributed by atoms with van der Waals surface area (Å²) in [5, 5.41) is 10.1. The normalized spacial score (nSPS) is 15.0. The molecule has 1 aromatic heterocycles. The van der Waals surface area contributed by atoms with Crippen LogP contribution in [-0.4, -0.2) is 28.8 Å². The first kappa shape index (κ1) is 15.8. The molecule has 0 saturated carbocycles. The summed E-state index contributed by atoms with van der Waals surface area (Å²) in [7, 11) is 0. The van der Waals surface area contributed by atoms with Crippen LogP contribution in [0.2, 0.25) is 0 Å². The summed E-state index contributed by atoms with van der Waals surface area (Å²) in [4.78, 5) is 14.3. The monoisotopic (exact) mass is 365 g/mol. The van der Waals surface area contributed by atoms with Gasteiger partial charge in [-0.15, -0.1) is 0 Å². The number of aromatic nitrogens is 1. The van der Waals surface area contributed by atoms with E-state index in [4.69, 9.17) is 0 Å². The molecule has 0 spiro atoms. The lowest BCUT2D eigenvalue weighted by Gasteiger charge is -2.27. The molecule has 0 aliphatic heterocycles. The first-order valence-corrected chi connectivity index (χ1v) is 6.74. The molecule has 0 saturated heterocycles. The summed E-state index contributed by atoms with van der Waals surface area (Å²) in [5.41, 5.74) is -3.95. The summed E-state index contributed by atoms with van der Waals surface area (Å²) in [6.45, 7) is 1.09. The topological polar surface area (TPSA) is 62.3 Å². The minimum absolute atomic E-state index is 0.0808. The van der Waals surface area contributed by atoms with Crippen molar-refractivity contribution in [3.05, 3.63) is 34.4 Å². The van der Waals surface area contributed by atoms with E-state index in [-0.39, 0.29) is 12.0 Å². The molecule has 2 aromatic rings. The summed E-state index contributed by atoms with van der Waals surface area (Å²) >= 11 is 3.14. The number of nitrogens with one attached hydrogen (secondary N) is 1. The number of hydrogen-bond acceptors (Lipinski definition) is 3. The van der Waals surface area contributed by atoms with Gasteiger partial charge in [0.2, 0.25) is 0 Å². The Morgan fingerprint density at radius 1 is 1.43 bits per heavy atom. The maximum atomic E-state index is 13.3. The summed E-state index contributed by atoms with van der Waals surface area (Å²) in [5.74, 6) is -1.75. The number of fused-ring (bicyclic) bond motifs is 1. The fraction of sp³-hybridized carbons (Fsp3) is 0.308. The van der Waals surface area contributed by atoms with Crippen molar-refractivity contribution in [2.45, 2.75) is 18.7 Å². The number of rotatable bonds is 3. The van der Waals surface area contributed by atoms with Crippen LogP contribution in [0.25, 0.3) is 10.9 Å². The molecule has 4 nitrogen and oxygen atoms in total. The molecule has 1 atom stereocenters. The first-order chi connectivity index (χ1) is 9.71. The molecular formula is C13H11BrF3NO3. The van der Waals surface area contributed by atoms with Crippen molar-refractivity contribution in [2.75, 3.05) is 6.61 Å². The zero-order valence-corrected chi connectivity index (χ0v) is 12.4. The Morgan fingerprint density at radius 2 is 2.10 bits per heavy atom. The maximum absolute atomic E-state index is 13.3. The van der Waals surface area contributed by atoms with E-state index in [1.807, 2.05) is 0 Å². The van der Waals surface area contributed by atoms with Gasteiger partial charge < -0.3 is 14.8 Å². The van der Waals surface area contributed by atoms with Crippen LogP contribution < -0.4 is 0 Å². The third-order valence-electron chi connectivity index (χ3n) is 3.01. The lowest BCUT2D eigenvalue weighted by molar-refractivity contribution is -0.267. The second-order valence-electron chi connectivity index (χ2n) is 4.32. The lowest BCUT2D eigenvalue weighted by Crippen LogP contribution is -2.50. The third kappa shape index (κ3) is 2.53. The molecule has 0 aliphatic carbocycles. The number of carbonyl (C=O) groups excluding carboxylic acids is 1. The predicted octanol–water partition coefficient (Wildman–Crippen LogP) is 3.24. The van der Waals surface area contributed by atoms with Crippen LogP contribution in [0.1, 0.15) is 12.5 Å². The zero-order valence-electron chi connectivity index (χ0n) is 10.8. The maximum Gasteiger partial charge on any atom is 0.432 e. The average molecular weight is 366 g/mol. The van der Waals surface area contributed by atoms with Crippen LogP contribution in [-0.2, 0) is 15.1 Å². The Hall–Kier alpha value is -1.54. The number of benzene rings is 1. The van der Waals surface area contributed by atoms with Crippen molar-refractivity contribution in [1.82, 2.24) is 4.98 Å². The van der Waals surface area contributed by atoms with Crippen LogP contribution in [0.3, 0.4) is 0 Å². The van der Waals surface area contributed by atoms with E-state index in [1.165, 1.54) is 19.1 Å². The van der Waals surface area contributed by atoms with Crippen LogP contribution in [0.15, 0.2) is 28.9 Å². The van der Waals surface area contributed by atoms with Gasteiger partial charge >= 0.3 is 12.1 Å². The van der Waals surface area contributed by atoms with E-state index in [0.717, 1.165) is 6.20 Å². The van der Waals surface area contributed by atoms with Crippen molar-refractivity contribution in [3.8, 4) is 0 Å². The standard InChI is InChI=1S/C13H11BrF3NO3/c1-2-21-11(19)12(20,13(15,16)17)9-6-18-10-4-3-7(14)5-8(9)10/h3-6,18,20H,2H2,1H3/t12-/m1/s1. The molecule has 0 aliphatic rings. The molecule has 21 heavy (non-hydrogen) atoms. The number of alkyl halides is 3. The first-order valence-electron chi connectivity index (χ1n) is 5.95. The molecule has 0 amide bonds. The quantitative estimate of drug-likeness (QED) is 0.820. The van der Waals surface area contributed by atoms with Gasteiger partial charge in [-0.2, -0.15) is 13.2 Å². The number of aromatic amines is 1. The largest absolute Gasteiger partial charge is 0.463 e. The van der Waals surface area contributed by atoms with E-state index in [9.17, 15) is 23.1 Å². The third-order valence-corrected chi connectivity index (χ3v) is 3.51. The lowest BCUT2D eigenvalue weighted by atomic mass is 9.92. The molecule has 2 N–H and O–H groups in total. The Bertz CT molecular complexity index is 683. The van der Waals surface area contributed by atoms with Gasteiger partial charge in [0.15, 0.2) is 0 Å². The number of aliphatic hydroxyl groups is 1. The van der Waals surface area contributed by atoms with E-state index in [1.54, 1.807) is 6.07 Å². The Kier molecular flexibility index (Phi) is 4.03. The number of halogens is 4. The second kappa shape index (κ2) is 5.34. The van der Waals surface area contributed by atoms with Gasteiger partial charge in [0, 0.05) is 27.1 Å². The van der Waals surface area contributed by atoms with Crippen LogP contribution in [0, 0.1) is 0 Å². The minimum atomic E-state index is -5.21. The minimum Gasteiger partial charge on any atom is -0.463 e. The fourth-order valence-electron chi connectivity index (χ4n) is 2.01. The van der Waals surface area contributed by atoms with Gasteiger partial charge in [-0.3, -0.25) is 0 Å². The number of hydrogen-bond donors (Lipinski definition) is 2. The molecule has 0 unspecified atom stereocenters. The van der Waals surface area contributed by atoms with Crippen molar-refractivity contribution >= 4 is 32.8 Å². The summed E-state index contributed by atoms with van der Waals surface area (Å²) in [6, 6.07) is 4.54.